The number of aromatic nitrogens is 2. The lowest BCUT2D eigenvalue weighted by Gasteiger charge is -2.34. The van der Waals surface area contributed by atoms with Crippen molar-refractivity contribution in [1.29, 1.82) is 0 Å². The fraction of sp³-hybridized carbons (Fsp3) is 0.645. The number of nitrogens with zero attached hydrogens (tertiary/aromatic N) is 2. The third kappa shape index (κ3) is 8.88. The van der Waals surface area contributed by atoms with E-state index in [1.807, 2.05) is 6.92 Å². The molecule has 2 heterocycles. The Morgan fingerprint density at radius 2 is 1.84 bits per heavy atom. The van der Waals surface area contributed by atoms with Crippen LogP contribution in [-0.2, 0) is 15.5 Å². The lowest BCUT2D eigenvalue weighted by Crippen LogP contribution is -2.57. The van der Waals surface area contributed by atoms with Gasteiger partial charge in [-0.1, -0.05) is 59.8 Å². The predicted molar refractivity (Wildman–Crippen MR) is 160 cm³/mol. The Morgan fingerprint density at radius 1 is 1.16 bits per heavy atom. The molecule has 2 aromatic rings. The van der Waals surface area contributed by atoms with E-state index in [9.17, 15) is 33.1 Å². The Kier molecular flexibility index (Phi) is 11.3. The molecule has 1 aromatic heterocycles. The van der Waals surface area contributed by atoms with E-state index in [2.05, 4.69) is 15.3 Å². The number of unbranched alkanes of at least 4 members (excludes halogenated alkanes) is 1. The largest absolute Gasteiger partial charge is 0.497 e. The van der Waals surface area contributed by atoms with Crippen molar-refractivity contribution in [3.63, 3.8) is 0 Å². The summed E-state index contributed by atoms with van der Waals surface area (Å²) in [7, 11) is 1.50. The van der Waals surface area contributed by atoms with Gasteiger partial charge in [0, 0.05) is 19.0 Å². The molecule has 2 amide bonds. The van der Waals surface area contributed by atoms with Crippen molar-refractivity contribution in [2.45, 2.75) is 97.1 Å². The van der Waals surface area contributed by atoms with Crippen molar-refractivity contribution < 1.29 is 38.1 Å². The fourth-order valence-corrected chi connectivity index (χ4v) is 5.55. The van der Waals surface area contributed by atoms with Gasteiger partial charge < -0.3 is 30.2 Å². The van der Waals surface area contributed by atoms with Gasteiger partial charge in [-0.2, -0.15) is 8.78 Å². The summed E-state index contributed by atoms with van der Waals surface area (Å²) in [4.78, 5) is 54.7. The third-order valence-corrected chi connectivity index (χ3v) is 8.26. The summed E-state index contributed by atoms with van der Waals surface area (Å²) < 4.78 is 33.7. The van der Waals surface area contributed by atoms with Crippen LogP contribution in [0.5, 0.6) is 5.75 Å². The van der Waals surface area contributed by atoms with Gasteiger partial charge in [-0.25, -0.2) is 14.6 Å². The Labute approximate surface area is 255 Å². The zero-order valence-electron chi connectivity index (χ0n) is 26.0. The van der Waals surface area contributed by atoms with Crippen molar-refractivity contribution in [3.05, 3.63) is 34.2 Å². The highest BCUT2D eigenvalue weighted by atomic mass is 19.3. The number of halogens is 2. The molecule has 4 N–H and O–H groups in total. The maximum Gasteiger partial charge on any atom is 0.405 e. The quantitative estimate of drug-likeness (QED) is 0.243. The number of hydrogen-bond donors (Lipinski definition) is 4. The molecule has 1 aliphatic heterocycles. The van der Waals surface area contributed by atoms with Crippen LogP contribution in [0.15, 0.2) is 23.0 Å². The highest BCUT2D eigenvalue weighted by Crippen LogP contribution is 2.36. The SMILES string of the molecule is CCC1CCN(C(=O)[C@@H](NC(=O)O)C(C)(C)C)C1C(=O)O.COc1ccc2nc(C(F)(F)CCCCC3CC3)c(=O)[nH]c2c1. The summed E-state index contributed by atoms with van der Waals surface area (Å²) in [6.07, 6.45) is 4.33. The lowest BCUT2D eigenvalue weighted by atomic mass is 9.85. The van der Waals surface area contributed by atoms with Crippen LogP contribution in [-0.4, -0.2) is 68.8 Å². The monoisotopic (exact) mass is 622 g/mol. The number of carbonyl (C=O) groups is 3. The maximum atomic E-state index is 14.3. The smallest absolute Gasteiger partial charge is 0.405 e. The van der Waals surface area contributed by atoms with Crippen LogP contribution in [0.1, 0.15) is 84.8 Å². The number of likely N-dealkylation sites (tertiary alicyclic amines) is 1. The average Bonchev–Trinajstić information content (AvgIpc) is 3.67. The molecule has 1 saturated carbocycles. The second-order valence-corrected chi connectivity index (χ2v) is 12.7. The summed E-state index contributed by atoms with van der Waals surface area (Å²) in [6.45, 7) is 7.48. The molecule has 2 aliphatic rings. The van der Waals surface area contributed by atoms with Gasteiger partial charge in [-0.3, -0.25) is 9.59 Å². The number of carboxylic acids is 1. The molecule has 244 valence electrons. The Hall–Kier alpha value is -3.77. The van der Waals surface area contributed by atoms with E-state index >= 15 is 0 Å². The van der Waals surface area contributed by atoms with Crippen LogP contribution in [0.4, 0.5) is 13.6 Å². The number of nitrogens with one attached hydrogen (secondary N) is 2. The zero-order valence-corrected chi connectivity index (χ0v) is 26.0. The number of methoxy groups -OCH3 is 1. The minimum atomic E-state index is -3.20. The number of carboxylic acid groups (broad SMARTS) is 2. The number of ether oxygens (including phenoxy) is 1. The van der Waals surface area contributed by atoms with Crippen LogP contribution >= 0.6 is 0 Å². The molecular weight excluding hydrogens is 578 g/mol. The molecule has 2 unspecified atom stereocenters. The van der Waals surface area contributed by atoms with E-state index in [1.165, 1.54) is 24.9 Å². The van der Waals surface area contributed by atoms with Gasteiger partial charge in [0.15, 0.2) is 5.69 Å². The van der Waals surface area contributed by atoms with Crippen molar-refractivity contribution in [2.75, 3.05) is 13.7 Å². The zero-order chi connectivity index (χ0) is 32.8. The minimum absolute atomic E-state index is 0.0862. The first-order chi connectivity index (χ1) is 20.6. The normalized spacial score (nSPS) is 19.2. The van der Waals surface area contributed by atoms with Gasteiger partial charge in [0.25, 0.3) is 11.5 Å². The van der Waals surface area contributed by atoms with Gasteiger partial charge in [-0.15, -0.1) is 0 Å². The van der Waals surface area contributed by atoms with Crippen molar-refractivity contribution in [1.82, 2.24) is 20.2 Å². The van der Waals surface area contributed by atoms with Crippen molar-refractivity contribution in [3.8, 4) is 5.75 Å². The number of fused-ring (bicyclic) bond motifs is 1. The molecule has 0 radical (unpaired) electrons. The lowest BCUT2D eigenvalue weighted by molar-refractivity contribution is -0.151. The van der Waals surface area contributed by atoms with E-state index in [0.29, 0.717) is 42.6 Å². The number of H-pyrrole nitrogens is 1. The molecule has 0 bridgehead atoms. The first kappa shape index (κ1) is 34.7. The predicted octanol–water partition coefficient (Wildman–Crippen LogP) is 5.37. The van der Waals surface area contributed by atoms with Crippen molar-refractivity contribution >= 4 is 29.0 Å². The van der Waals surface area contributed by atoms with Crippen LogP contribution in [0.3, 0.4) is 0 Å². The summed E-state index contributed by atoms with van der Waals surface area (Å²) in [6, 6.07) is 2.93. The van der Waals surface area contributed by atoms with E-state index in [1.54, 1.807) is 39.0 Å². The number of hydrogen-bond acceptors (Lipinski definition) is 6. The molecule has 1 aliphatic carbocycles. The highest BCUT2D eigenvalue weighted by molar-refractivity contribution is 5.90. The number of rotatable bonds is 11. The molecule has 2 fully saturated rings. The number of aliphatic carboxylic acids is 1. The summed E-state index contributed by atoms with van der Waals surface area (Å²) in [5.74, 6) is -3.51. The van der Waals surface area contributed by atoms with Gasteiger partial charge >= 0.3 is 12.1 Å². The first-order valence-corrected chi connectivity index (χ1v) is 15.1. The molecule has 13 heteroatoms. The van der Waals surface area contributed by atoms with Gasteiger partial charge in [0.05, 0.1) is 18.1 Å². The van der Waals surface area contributed by atoms with Crippen LogP contribution in [0.25, 0.3) is 11.0 Å². The number of carbonyl (C=O) groups excluding carboxylic acids is 1. The Morgan fingerprint density at radius 3 is 2.39 bits per heavy atom. The van der Waals surface area contributed by atoms with Crippen LogP contribution in [0.2, 0.25) is 0 Å². The van der Waals surface area contributed by atoms with Gasteiger partial charge in [0.1, 0.15) is 17.8 Å². The first-order valence-electron chi connectivity index (χ1n) is 15.1. The van der Waals surface area contributed by atoms with E-state index in [4.69, 9.17) is 9.84 Å². The maximum absolute atomic E-state index is 14.3. The van der Waals surface area contributed by atoms with Gasteiger partial charge in [0.2, 0.25) is 5.91 Å². The number of benzene rings is 1. The number of alkyl halides is 2. The third-order valence-electron chi connectivity index (χ3n) is 8.26. The standard InChI is InChI=1S/C17H20F2N2O2.C14H24N2O5/c1-23-12-7-8-13-14(10-12)21-16(22)15(20-13)17(18,19)9-3-2-4-11-5-6-11;1-5-8-6-7-16(9(8)12(18)19)11(17)10(14(2,3)4)15-13(20)21/h7-8,10-11H,2-6,9H2,1H3,(H,21,22);8-10,15H,5-7H2,1-4H3,(H,18,19)(H,20,21)/t;8?,9?,10-/m.1/s1. The Balaban J connectivity index is 0.000000242. The van der Waals surface area contributed by atoms with Crippen molar-refractivity contribution in [2.24, 2.45) is 17.3 Å². The Bertz CT molecular complexity index is 1390. The molecule has 1 aromatic carbocycles. The van der Waals surface area contributed by atoms with E-state index in [-0.39, 0.29) is 12.3 Å². The molecule has 44 heavy (non-hydrogen) atoms. The second kappa shape index (κ2) is 14.3. The molecule has 3 atom stereocenters. The van der Waals surface area contributed by atoms with Crippen LogP contribution in [0, 0.1) is 17.3 Å². The topological polar surface area (TPSA) is 162 Å². The van der Waals surface area contributed by atoms with Gasteiger partial charge in [-0.05, 0) is 42.2 Å². The number of aromatic amines is 1. The molecule has 11 nitrogen and oxygen atoms in total. The summed E-state index contributed by atoms with van der Waals surface area (Å²) in [5, 5.41) is 20.5. The average molecular weight is 623 g/mol. The summed E-state index contributed by atoms with van der Waals surface area (Å²) in [5.41, 5.74) is -1.44. The van der Waals surface area contributed by atoms with Crippen LogP contribution < -0.4 is 15.6 Å². The molecule has 0 spiro atoms. The van der Waals surface area contributed by atoms with E-state index in [0.717, 1.165) is 18.8 Å². The fourth-order valence-electron chi connectivity index (χ4n) is 5.55. The second-order valence-electron chi connectivity index (χ2n) is 12.7. The highest BCUT2D eigenvalue weighted by Gasteiger charge is 2.45. The number of amides is 2. The van der Waals surface area contributed by atoms with E-state index < -0.39 is 52.6 Å². The molecular formula is C31H44F2N4O7. The summed E-state index contributed by atoms with van der Waals surface area (Å²) >= 11 is 0. The molecule has 1 saturated heterocycles. The molecule has 4 rings (SSSR count). The minimum Gasteiger partial charge on any atom is -0.497 e.